The summed E-state index contributed by atoms with van der Waals surface area (Å²) >= 11 is 2.54. The van der Waals surface area contributed by atoms with Crippen LogP contribution < -0.4 is 0 Å². The molecule has 0 bridgehead atoms. The van der Waals surface area contributed by atoms with Gasteiger partial charge in [-0.25, -0.2) is 4.79 Å². The normalized spacial score (nSPS) is 34.4. The third kappa shape index (κ3) is 5.07. The van der Waals surface area contributed by atoms with E-state index in [-0.39, 0.29) is 14.6 Å². The molecule has 1 heterocycles. The van der Waals surface area contributed by atoms with E-state index in [4.69, 9.17) is 4.74 Å². The van der Waals surface area contributed by atoms with E-state index < -0.39 is 12.3 Å². The standard InChI is InChI=1S/C19H25IO4.2C2H6/c1-11-13(6-5-12-9-16(22)24-17(12)23)18(2)7-4-8-19(3,20)15(18)10-14(11)21;2*1-2/h9,15,17,23H,4-8,10H2,1-3H3;2*1-2H3/t15-,17?,18-,19-;;/m1../s1. The lowest BCUT2D eigenvalue weighted by Crippen LogP contribution is -2.49. The van der Waals surface area contributed by atoms with Gasteiger partial charge in [0.25, 0.3) is 0 Å². The van der Waals surface area contributed by atoms with Gasteiger partial charge in [0.1, 0.15) is 0 Å². The molecule has 0 aromatic carbocycles. The number of alkyl halides is 1. The Balaban J connectivity index is 0.000000921. The van der Waals surface area contributed by atoms with Crippen LogP contribution in [0.25, 0.3) is 0 Å². The Kier molecular flexibility index (Phi) is 9.39. The second kappa shape index (κ2) is 10.4. The highest BCUT2D eigenvalue weighted by Crippen LogP contribution is 2.59. The molecular formula is C23H37IO4. The minimum atomic E-state index is -1.12. The Hall–Kier alpha value is -0.690. The maximum absolute atomic E-state index is 12.6. The van der Waals surface area contributed by atoms with Crippen molar-refractivity contribution in [3.05, 3.63) is 22.8 Å². The van der Waals surface area contributed by atoms with Crippen LogP contribution in [0.5, 0.6) is 0 Å². The maximum Gasteiger partial charge on any atom is 0.333 e. The summed E-state index contributed by atoms with van der Waals surface area (Å²) in [5.74, 6) is 0.126. The number of aliphatic hydroxyl groups excluding tert-OH is 1. The highest BCUT2D eigenvalue weighted by Gasteiger charge is 2.52. The number of carbonyl (C=O) groups is 2. The maximum atomic E-state index is 12.6. The molecule has 0 aromatic rings. The average molecular weight is 504 g/mol. The van der Waals surface area contributed by atoms with Crippen LogP contribution in [0.1, 0.15) is 87.0 Å². The number of esters is 1. The van der Waals surface area contributed by atoms with Crippen molar-refractivity contribution in [1.82, 2.24) is 0 Å². The van der Waals surface area contributed by atoms with Gasteiger partial charge in [-0.15, -0.1) is 0 Å². The molecule has 0 amide bonds. The largest absolute Gasteiger partial charge is 0.429 e. The molecule has 160 valence electrons. The van der Waals surface area contributed by atoms with Crippen LogP contribution in [0.4, 0.5) is 0 Å². The first-order valence-corrected chi connectivity index (χ1v) is 11.7. The van der Waals surface area contributed by atoms with Crippen molar-refractivity contribution in [2.24, 2.45) is 11.3 Å². The minimum absolute atomic E-state index is 0.0289. The zero-order chi connectivity index (χ0) is 21.7. The van der Waals surface area contributed by atoms with Crippen LogP contribution >= 0.6 is 22.6 Å². The molecule has 0 spiro atoms. The Bertz CT molecular complexity index is 647. The van der Waals surface area contributed by atoms with Gasteiger partial charge < -0.3 is 9.84 Å². The number of hydrogen-bond acceptors (Lipinski definition) is 4. The summed E-state index contributed by atoms with van der Waals surface area (Å²) < 4.78 is 4.90. The van der Waals surface area contributed by atoms with Gasteiger partial charge in [0.05, 0.1) is 0 Å². The molecule has 1 saturated carbocycles. The molecule has 1 N–H and O–H groups in total. The summed E-state index contributed by atoms with van der Waals surface area (Å²) in [6.45, 7) is 14.5. The molecule has 5 heteroatoms. The van der Waals surface area contributed by atoms with Crippen LogP contribution in [0.15, 0.2) is 22.8 Å². The molecule has 3 aliphatic rings. The Morgan fingerprint density at radius 2 is 1.75 bits per heavy atom. The lowest BCUT2D eigenvalue weighted by molar-refractivity contribution is -0.151. The fourth-order valence-electron chi connectivity index (χ4n) is 4.93. The summed E-state index contributed by atoms with van der Waals surface area (Å²) in [7, 11) is 0. The van der Waals surface area contributed by atoms with Gasteiger partial charge in [-0.3, -0.25) is 4.79 Å². The van der Waals surface area contributed by atoms with E-state index in [1.165, 1.54) is 18.1 Å². The summed E-state index contributed by atoms with van der Waals surface area (Å²) in [5, 5.41) is 9.79. The van der Waals surface area contributed by atoms with Gasteiger partial charge in [-0.05, 0) is 49.5 Å². The number of cyclic esters (lactones) is 1. The molecule has 2 aliphatic carbocycles. The predicted octanol–water partition coefficient (Wildman–Crippen LogP) is 5.91. The molecule has 0 radical (unpaired) electrons. The number of hydrogen-bond donors (Lipinski definition) is 1. The quantitative estimate of drug-likeness (QED) is 0.295. The lowest BCUT2D eigenvalue weighted by atomic mass is 9.54. The molecule has 4 nitrogen and oxygen atoms in total. The highest BCUT2D eigenvalue weighted by molar-refractivity contribution is 14.1. The van der Waals surface area contributed by atoms with Crippen molar-refractivity contribution in [1.29, 1.82) is 0 Å². The Labute approximate surface area is 184 Å². The molecule has 0 aromatic heterocycles. The number of allylic oxidation sites excluding steroid dienone is 2. The van der Waals surface area contributed by atoms with Crippen LogP contribution in [0, 0.1) is 11.3 Å². The number of halogens is 1. The molecule has 28 heavy (non-hydrogen) atoms. The van der Waals surface area contributed by atoms with Crippen molar-refractivity contribution in [3.8, 4) is 0 Å². The number of ether oxygens (including phenoxy) is 1. The third-order valence-electron chi connectivity index (χ3n) is 6.32. The van der Waals surface area contributed by atoms with E-state index in [1.54, 1.807) is 0 Å². The van der Waals surface area contributed by atoms with Crippen LogP contribution in [0.3, 0.4) is 0 Å². The number of aliphatic hydroxyl groups is 1. The van der Waals surface area contributed by atoms with Crippen molar-refractivity contribution in [2.75, 3.05) is 0 Å². The fraction of sp³-hybridized carbons (Fsp3) is 0.739. The zero-order valence-corrected chi connectivity index (χ0v) is 20.7. The van der Waals surface area contributed by atoms with E-state index in [2.05, 4.69) is 36.4 Å². The van der Waals surface area contributed by atoms with Gasteiger partial charge in [-0.2, -0.15) is 0 Å². The van der Waals surface area contributed by atoms with Crippen molar-refractivity contribution in [3.63, 3.8) is 0 Å². The predicted molar refractivity (Wildman–Crippen MR) is 122 cm³/mol. The minimum Gasteiger partial charge on any atom is -0.429 e. The van der Waals surface area contributed by atoms with Crippen LogP contribution in [-0.2, 0) is 14.3 Å². The zero-order valence-electron chi connectivity index (χ0n) is 18.5. The van der Waals surface area contributed by atoms with Crippen molar-refractivity contribution < 1.29 is 19.4 Å². The molecule has 4 atom stereocenters. The lowest BCUT2D eigenvalue weighted by Gasteiger charge is -2.53. The van der Waals surface area contributed by atoms with Gasteiger partial charge in [-0.1, -0.05) is 76.1 Å². The first-order valence-electron chi connectivity index (χ1n) is 10.7. The van der Waals surface area contributed by atoms with Gasteiger partial charge in [0, 0.05) is 21.5 Å². The molecule has 0 saturated heterocycles. The van der Waals surface area contributed by atoms with Gasteiger partial charge in [0.2, 0.25) is 6.29 Å². The van der Waals surface area contributed by atoms with E-state index in [0.29, 0.717) is 30.8 Å². The second-order valence-corrected chi connectivity index (χ2v) is 10.3. The van der Waals surface area contributed by atoms with Crippen molar-refractivity contribution in [2.45, 2.75) is 96.7 Å². The van der Waals surface area contributed by atoms with Crippen LogP contribution in [0.2, 0.25) is 0 Å². The summed E-state index contributed by atoms with van der Waals surface area (Å²) in [5.41, 5.74) is 2.76. The van der Waals surface area contributed by atoms with Gasteiger partial charge in [0.15, 0.2) is 5.78 Å². The fourth-order valence-corrected chi connectivity index (χ4v) is 6.22. The SMILES string of the molecule is CC.CC.CC1=C(CCC2=CC(=O)OC2O)[C@@]2(C)CCC[C@@](C)(I)[C@@H]2CC1=O. The number of rotatable bonds is 3. The number of Topliss-reactive ketones (excluding diaryl/α,β-unsaturated/α-hetero) is 1. The Morgan fingerprint density at radius 1 is 1.14 bits per heavy atom. The summed E-state index contributed by atoms with van der Waals surface area (Å²) in [4.78, 5) is 23.9. The molecular weight excluding hydrogens is 467 g/mol. The third-order valence-corrected chi connectivity index (χ3v) is 7.61. The van der Waals surface area contributed by atoms with E-state index in [9.17, 15) is 14.7 Å². The number of fused-ring (bicyclic) bond motifs is 1. The molecule has 3 rings (SSSR count). The topological polar surface area (TPSA) is 63.6 Å². The monoisotopic (exact) mass is 504 g/mol. The first-order chi connectivity index (χ1) is 13.1. The van der Waals surface area contributed by atoms with Gasteiger partial charge >= 0.3 is 5.97 Å². The smallest absolute Gasteiger partial charge is 0.333 e. The average Bonchev–Trinajstić information content (AvgIpc) is 2.97. The molecule has 1 unspecified atom stereocenters. The second-order valence-electron chi connectivity index (χ2n) is 7.84. The number of carbonyl (C=O) groups excluding carboxylic acids is 2. The number of ketones is 1. The molecule has 1 fully saturated rings. The molecule has 1 aliphatic heterocycles. The summed E-state index contributed by atoms with van der Waals surface area (Å²) in [6.07, 6.45) is 5.59. The van der Waals surface area contributed by atoms with Crippen LogP contribution in [-0.4, -0.2) is 26.6 Å². The summed E-state index contributed by atoms with van der Waals surface area (Å²) in [6, 6.07) is 0. The van der Waals surface area contributed by atoms with Crippen molar-refractivity contribution >= 4 is 34.3 Å². The Morgan fingerprint density at radius 3 is 2.29 bits per heavy atom. The first kappa shape index (κ1) is 25.3. The van der Waals surface area contributed by atoms with E-state index >= 15 is 0 Å². The van der Waals surface area contributed by atoms with E-state index in [0.717, 1.165) is 18.4 Å². The van der Waals surface area contributed by atoms with E-state index in [1.807, 2.05) is 34.6 Å². The highest BCUT2D eigenvalue weighted by atomic mass is 127.